The number of benzene rings is 2. The topological polar surface area (TPSA) is 78.5 Å². The van der Waals surface area contributed by atoms with Gasteiger partial charge in [-0.25, -0.2) is 0 Å². The van der Waals surface area contributed by atoms with Crippen molar-refractivity contribution in [2.24, 2.45) is 5.92 Å². The summed E-state index contributed by atoms with van der Waals surface area (Å²) < 4.78 is 0. The average Bonchev–Trinajstić information content (AvgIpc) is 2.81. The summed E-state index contributed by atoms with van der Waals surface area (Å²) in [5.41, 5.74) is 3.24. The predicted octanol–water partition coefficient (Wildman–Crippen LogP) is 3.48. The SMILES string of the molecule is CCCNC(=O)[C@H](NC(=O)c1ccccc1C)C1CCN(C(=O)c2ccc(C)cc2)CC1. The first kappa shape index (κ1) is 23.5. The van der Waals surface area contributed by atoms with E-state index in [0.29, 0.717) is 43.6 Å². The number of rotatable bonds is 7. The Morgan fingerprint density at radius 3 is 2.28 bits per heavy atom. The average molecular weight is 436 g/mol. The molecule has 0 aromatic heterocycles. The zero-order chi connectivity index (χ0) is 23.1. The van der Waals surface area contributed by atoms with E-state index in [4.69, 9.17) is 0 Å². The Bertz CT molecular complexity index is 947. The smallest absolute Gasteiger partial charge is 0.253 e. The van der Waals surface area contributed by atoms with Gasteiger partial charge in [-0.2, -0.15) is 0 Å². The molecule has 6 nitrogen and oxygen atoms in total. The molecule has 1 saturated heterocycles. The Morgan fingerprint density at radius 2 is 1.66 bits per heavy atom. The number of nitrogens with zero attached hydrogens (tertiary/aromatic N) is 1. The minimum Gasteiger partial charge on any atom is -0.354 e. The van der Waals surface area contributed by atoms with Crippen LogP contribution in [0.15, 0.2) is 48.5 Å². The molecule has 0 bridgehead atoms. The van der Waals surface area contributed by atoms with E-state index in [-0.39, 0.29) is 23.6 Å². The van der Waals surface area contributed by atoms with E-state index in [0.717, 1.165) is 17.5 Å². The summed E-state index contributed by atoms with van der Waals surface area (Å²) in [5, 5.41) is 5.91. The van der Waals surface area contributed by atoms with Gasteiger partial charge in [0.15, 0.2) is 0 Å². The number of carbonyl (C=O) groups excluding carboxylic acids is 3. The lowest BCUT2D eigenvalue weighted by Gasteiger charge is -2.36. The summed E-state index contributed by atoms with van der Waals surface area (Å²) in [4.78, 5) is 40.5. The van der Waals surface area contributed by atoms with E-state index in [9.17, 15) is 14.4 Å². The number of hydrogen-bond acceptors (Lipinski definition) is 3. The molecule has 1 atom stereocenters. The van der Waals surface area contributed by atoms with Crippen molar-refractivity contribution < 1.29 is 14.4 Å². The Morgan fingerprint density at radius 1 is 1.00 bits per heavy atom. The monoisotopic (exact) mass is 435 g/mol. The second-order valence-electron chi connectivity index (χ2n) is 8.55. The summed E-state index contributed by atoms with van der Waals surface area (Å²) >= 11 is 0. The number of hydrogen-bond donors (Lipinski definition) is 2. The van der Waals surface area contributed by atoms with Gasteiger partial charge >= 0.3 is 0 Å². The van der Waals surface area contributed by atoms with Crippen molar-refractivity contribution in [1.29, 1.82) is 0 Å². The Balaban J connectivity index is 1.68. The summed E-state index contributed by atoms with van der Waals surface area (Å²) in [7, 11) is 0. The van der Waals surface area contributed by atoms with Crippen LogP contribution in [0.2, 0.25) is 0 Å². The van der Waals surface area contributed by atoms with Gasteiger partial charge in [0.1, 0.15) is 6.04 Å². The highest BCUT2D eigenvalue weighted by Gasteiger charge is 2.34. The molecule has 2 aromatic carbocycles. The second-order valence-corrected chi connectivity index (χ2v) is 8.55. The number of likely N-dealkylation sites (tertiary alicyclic amines) is 1. The van der Waals surface area contributed by atoms with Crippen LogP contribution in [0.25, 0.3) is 0 Å². The Labute approximate surface area is 190 Å². The van der Waals surface area contributed by atoms with Crippen molar-refractivity contribution in [2.75, 3.05) is 19.6 Å². The van der Waals surface area contributed by atoms with Crippen molar-refractivity contribution >= 4 is 17.7 Å². The highest BCUT2D eigenvalue weighted by molar-refractivity contribution is 5.98. The molecule has 6 heteroatoms. The van der Waals surface area contributed by atoms with Gasteiger partial charge in [-0.15, -0.1) is 0 Å². The second kappa shape index (κ2) is 10.9. The molecule has 2 N–H and O–H groups in total. The number of carbonyl (C=O) groups is 3. The van der Waals surface area contributed by atoms with Crippen molar-refractivity contribution in [1.82, 2.24) is 15.5 Å². The molecule has 32 heavy (non-hydrogen) atoms. The van der Waals surface area contributed by atoms with E-state index in [2.05, 4.69) is 10.6 Å². The first-order valence-corrected chi connectivity index (χ1v) is 11.4. The van der Waals surface area contributed by atoms with Gasteiger partial charge < -0.3 is 15.5 Å². The van der Waals surface area contributed by atoms with Gasteiger partial charge in [0.25, 0.3) is 11.8 Å². The van der Waals surface area contributed by atoms with Crippen molar-refractivity contribution in [3.05, 3.63) is 70.8 Å². The highest BCUT2D eigenvalue weighted by atomic mass is 16.2. The van der Waals surface area contributed by atoms with Gasteiger partial charge in [0, 0.05) is 30.8 Å². The molecule has 2 aromatic rings. The Hall–Kier alpha value is -3.15. The maximum Gasteiger partial charge on any atom is 0.253 e. The number of aryl methyl sites for hydroxylation is 2. The maximum atomic E-state index is 12.9. The minimum absolute atomic E-state index is 0.0133. The van der Waals surface area contributed by atoms with E-state index in [1.54, 1.807) is 6.07 Å². The molecule has 1 fully saturated rings. The van der Waals surface area contributed by atoms with Gasteiger partial charge in [-0.05, 0) is 62.8 Å². The summed E-state index contributed by atoms with van der Waals surface area (Å²) in [6, 6.07) is 14.3. The zero-order valence-electron chi connectivity index (χ0n) is 19.2. The quantitative estimate of drug-likeness (QED) is 0.699. The third kappa shape index (κ3) is 5.75. The molecule has 0 spiro atoms. The lowest BCUT2D eigenvalue weighted by molar-refractivity contribution is -0.124. The van der Waals surface area contributed by atoms with E-state index in [1.807, 2.05) is 68.1 Å². The number of amides is 3. The number of nitrogens with one attached hydrogen (secondary N) is 2. The minimum atomic E-state index is -0.620. The third-order valence-corrected chi connectivity index (χ3v) is 6.10. The fourth-order valence-electron chi connectivity index (χ4n) is 4.12. The highest BCUT2D eigenvalue weighted by Crippen LogP contribution is 2.23. The standard InChI is InChI=1S/C26H33N3O3/c1-4-15-27-25(31)23(28-24(30)22-8-6-5-7-19(22)3)20-13-16-29(17-14-20)26(32)21-11-9-18(2)10-12-21/h5-12,20,23H,4,13-17H2,1-3H3,(H,27,31)(H,28,30)/t23-/m1/s1. The summed E-state index contributed by atoms with van der Waals surface area (Å²) in [5.74, 6) is -0.406. The third-order valence-electron chi connectivity index (χ3n) is 6.10. The van der Waals surface area contributed by atoms with Crippen molar-refractivity contribution in [2.45, 2.75) is 46.1 Å². The fourth-order valence-corrected chi connectivity index (χ4v) is 4.12. The van der Waals surface area contributed by atoms with Crippen LogP contribution in [-0.2, 0) is 4.79 Å². The molecule has 170 valence electrons. The lowest BCUT2D eigenvalue weighted by Crippen LogP contribution is -2.54. The lowest BCUT2D eigenvalue weighted by atomic mass is 9.88. The molecule has 1 heterocycles. The van der Waals surface area contributed by atoms with E-state index >= 15 is 0 Å². The van der Waals surface area contributed by atoms with Crippen LogP contribution < -0.4 is 10.6 Å². The normalized spacial score (nSPS) is 15.2. The van der Waals surface area contributed by atoms with Crippen LogP contribution in [0.4, 0.5) is 0 Å². The van der Waals surface area contributed by atoms with Crippen LogP contribution in [0.5, 0.6) is 0 Å². The molecule has 3 amide bonds. The molecular formula is C26H33N3O3. The van der Waals surface area contributed by atoms with E-state index in [1.165, 1.54) is 0 Å². The summed E-state index contributed by atoms with van der Waals surface area (Å²) in [6.45, 7) is 7.58. The van der Waals surface area contributed by atoms with E-state index < -0.39 is 6.04 Å². The first-order valence-electron chi connectivity index (χ1n) is 11.4. The largest absolute Gasteiger partial charge is 0.354 e. The predicted molar refractivity (Wildman–Crippen MR) is 126 cm³/mol. The van der Waals surface area contributed by atoms with Gasteiger partial charge in [0.2, 0.25) is 5.91 Å². The van der Waals surface area contributed by atoms with Gasteiger partial charge in [0.05, 0.1) is 0 Å². The molecule has 0 aliphatic carbocycles. The molecule has 1 aliphatic heterocycles. The molecule has 0 saturated carbocycles. The van der Waals surface area contributed by atoms with Crippen LogP contribution >= 0.6 is 0 Å². The Kier molecular flexibility index (Phi) is 8.03. The zero-order valence-corrected chi connectivity index (χ0v) is 19.2. The number of piperidine rings is 1. The molecule has 1 aliphatic rings. The van der Waals surface area contributed by atoms with Crippen molar-refractivity contribution in [3.8, 4) is 0 Å². The fraction of sp³-hybridized carbons (Fsp3) is 0.423. The molecule has 0 radical (unpaired) electrons. The van der Waals surface area contributed by atoms with Crippen LogP contribution in [0.3, 0.4) is 0 Å². The van der Waals surface area contributed by atoms with Crippen LogP contribution in [-0.4, -0.2) is 48.3 Å². The van der Waals surface area contributed by atoms with Gasteiger partial charge in [-0.1, -0.05) is 42.8 Å². The van der Waals surface area contributed by atoms with Gasteiger partial charge in [-0.3, -0.25) is 14.4 Å². The van der Waals surface area contributed by atoms with Crippen LogP contribution in [0, 0.1) is 19.8 Å². The molecule has 0 unspecified atom stereocenters. The summed E-state index contributed by atoms with van der Waals surface area (Å²) in [6.07, 6.45) is 2.15. The molecular weight excluding hydrogens is 402 g/mol. The first-order chi connectivity index (χ1) is 15.4. The molecule has 3 rings (SSSR count). The van der Waals surface area contributed by atoms with Crippen molar-refractivity contribution in [3.63, 3.8) is 0 Å². The maximum absolute atomic E-state index is 12.9. The van der Waals surface area contributed by atoms with Crippen LogP contribution in [0.1, 0.15) is 58.0 Å².